The Morgan fingerprint density at radius 1 is 1.53 bits per heavy atom. The summed E-state index contributed by atoms with van der Waals surface area (Å²) in [6.45, 7) is 7.42. The normalized spacial score (nSPS) is 12.7. The number of carbonyl (C=O) groups is 1. The van der Waals surface area contributed by atoms with E-state index >= 15 is 0 Å². The average molecular weight is 212 g/mol. The topological polar surface area (TPSA) is 62.1 Å². The van der Waals surface area contributed by atoms with Gasteiger partial charge in [-0.2, -0.15) is 5.26 Å². The first-order chi connectivity index (χ1) is 6.89. The van der Waals surface area contributed by atoms with E-state index in [1.54, 1.807) is 20.8 Å². The molecular weight excluding hydrogens is 192 g/mol. The number of ether oxygens (including phenoxy) is 1. The van der Waals surface area contributed by atoms with Gasteiger partial charge in [0, 0.05) is 0 Å². The van der Waals surface area contributed by atoms with Crippen LogP contribution in [-0.2, 0) is 4.74 Å². The van der Waals surface area contributed by atoms with Gasteiger partial charge in [0.1, 0.15) is 11.6 Å². The van der Waals surface area contributed by atoms with Crippen molar-refractivity contribution in [3.63, 3.8) is 0 Å². The molecule has 0 aliphatic heterocycles. The second-order valence-electron chi connectivity index (χ2n) is 4.47. The molecule has 0 aromatic rings. The van der Waals surface area contributed by atoms with Crippen LogP contribution in [0.5, 0.6) is 0 Å². The molecule has 0 saturated carbocycles. The van der Waals surface area contributed by atoms with Crippen molar-refractivity contribution in [1.82, 2.24) is 5.32 Å². The van der Waals surface area contributed by atoms with E-state index in [1.165, 1.54) is 0 Å². The van der Waals surface area contributed by atoms with Crippen molar-refractivity contribution < 1.29 is 9.53 Å². The van der Waals surface area contributed by atoms with Gasteiger partial charge in [-0.3, -0.25) is 0 Å². The van der Waals surface area contributed by atoms with Crippen molar-refractivity contribution >= 4 is 6.09 Å². The molecule has 0 saturated heterocycles. The molecule has 1 amide bonds. The van der Waals surface area contributed by atoms with Crippen LogP contribution >= 0.6 is 0 Å². The lowest BCUT2D eigenvalue weighted by Crippen LogP contribution is -2.38. The van der Waals surface area contributed by atoms with E-state index in [0.29, 0.717) is 6.42 Å². The first-order valence-corrected chi connectivity index (χ1v) is 5.28. The van der Waals surface area contributed by atoms with Gasteiger partial charge in [-0.15, -0.1) is 0 Å². The first kappa shape index (κ1) is 13.8. The molecule has 0 spiro atoms. The summed E-state index contributed by atoms with van der Waals surface area (Å²) in [6.07, 6.45) is 2.08. The number of nitrogens with zero attached hydrogens (tertiary/aromatic N) is 1. The third-order valence-corrected chi connectivity index (χ3v) is 1.69. The third-order valence-electron chi connectivity index (χ3n) is 1.69. The summed E-state index contributed by atoms with van der Waals surface area (Å²) < 4.78 is 5.05. The Labute approximate surface area is 91.6 Å². The molecule has 0 fully saturated rings. The van der Waals surface area contributed by atoms with Crippen LogP contribution in [0.3, 0.4) is 0 Å². The molecule has 86 valence electrons. The Morgan fingerprint density at radius 3 is 2.53 bits per heavy atom. The number of hydrogen-bond acceptors (Lipinski definition) is 3. The van der Waals surface area contributed by atoms with E-state index in [2.05, 4.69) is 5.32 Å². The van der Waals surface area contributed by atoms with E-state index in [9.17, 15) is 4.79 Å². The molecule has 0 rings (SSSR count). The Hall–Kier alpha value is -1.24. The van der Waals surface area contributed by atoms with Gasteiger partial charge in [0.15, 0.2) is 0 Å². The summed E-state index contributed by atoms with van der Waals surface area (Å²) in [5.41, 5.74) is -0.519. The second-order valence-corrected chi connectivity index (χ2v) is 4.47. The van der Waals surface area contributed by atoms with Gasteiger partial charge in [0.2, 0.25) is 0 Å². The highest BCUT2D eigenvalue weighted by Gasteiger charge is 2.18. The van der Waals surface area contributed by atoms with E-state index < -0.39 is 17.7 Å². The maximum atomic E-state index is 11.3. The molecular formula is C11H20N2O2. The smallest absolute Gasteiger partial charge is 0.408 e. The summed E-state index contributed by atoms with van der Waals surface area (Å²) in [7, 11) is 0. The number of nitrogens with one attached hydrogen (secondary N) is 1. The zero-order chi connectivity index (χ0) is 11.9. The van der Waals surface area contributed by atoms with E-state index in [-0.39, 0.29) is 0 Å². The molecule has 1 atom stereocenters. The lowest BCUT2D eigenvalue weighted by molar-refractivity contribution is 0.0513. The predicted molar refractivity (Wildman–Crippen MR) is 58.3 cm³/mol. The zero-order valence-electron chi connectivity index (χ0n) is 9.96. The average Bonchev–Trinajstić information content (AvgIpc) is 2.09. The zero-order valence-corrected chi connectivity index (χ0v) is 9.96. The lowest BCUT2D eigenvalue weighted by atomic mass is 10.1. The molecule has 4 heteroatoms. The molecule has 0 aliphatic carbocycles. The molecule has 0 aromatic heterocycles. The van der Waals surface area contributed by atoms with Crippen LogP contribution in [0.1, 0.15) is 47.0 Å². The number of carbonyl (C=O) groups excluding carboxylic acids is 1. The molecule has 1 N–H and O–H groups in total. The molecule has 15 heavy (non-hydrogen) atoms. The van der Waals surface area contributed by atoms with Crippen molar-refractivity contribution in [3.05, 3.63) is 0 Å². The van der Waals surface area contributed by atoms with Crippen molar-refractivity contribution in [3.8, 4) is 6.07 Å². The quantitative estimate of drug-likeness (QED) is 0.779. The van der Waals surface area contributed by atoms with Gasteiger partial charge in [-0.1, -0.05) is 19.8 Å². The highest BCUT2D eigenvalue weighted by Crippen LogP contribution is 2.07. The maximum Gasteiger partial charge on any atom is 0.408 e. The first-order valence-electron chi connectivity index (χ1n) is 5.28. The fourth-order valence-electron chi connectivity index (χ4n) is 1.03. The van der Waals surface area contributed by atoms with Crippen molar-refractivity contribution in [2.45, 2.75) is 58.6 Å². The number of amides is 1. The minimum atomic E-state index is -0.523. The molecule has 0 heterocycles. The molecule has 0 radical (unpaired) electrons. The Kier molecular flexibility index (Phi) is 5.76. The highest BCUT2D eigenvalue weighted by atomic mass is 16.6. The van der Waals surface area contributed by atoms with Crippen molar-refractivity contribution in [2.75, 3.05) is 0 Å². The van der Waals surface area contributed by atoms with Crippen LogP contribution in [0.2, 0.25) is 0 Å². The van der Waals surface area contributed by atoms with Crippen LogP contribution in [0.4, 0.5) is 4.79 Å². The van der Waals surface area contributed by atoms with Gasteiger partial charge < -0.3 is 10.1 Å². The van der Waals surface area contributed by atoms with Gasteiger partial charge in [0.05, 0.1) is 6.07 Å². The monoisotopic (exact) mass is 212 g/mol. The van der Waals surface area contributed by atoms with Gasteiger partial charge in [-0.25, -0.2) is 4.79 Å². The van der Waals surface area contributed by atoms with Crippen LogP contribution in [-0.4, -0.2) is 17.7 Å². The van der Waals surface area contributed by atoms with Crippen molar-refractivity contribution in [1.29, 1.82) is 5.26 Å². The molecule has 0 bridgehead atoms. The third kappa shape index (κ3) is 7.80. The highest BCUT2D eigenvalue weighted by molar-refractivity contribution is 5.68. The second kappa shape index (κ2) is 6.28. The number of hydrogen-bond donors (Lipinski definition) is 1. The standard InChI is InChI=1S/C11H20N2O2/c1-5-6-7-9(8-12)13-10(14)15-11(2,3)4/h9H,5-7H2,1-4H3,(H,13,14)/t9-/m0/s1. The SMILES string of the molecule is CCCC[C@@H](C#N)NC(=O)OC(C)(C)C. The Bertz CT molecular complexity index is 238. The number of rotatable bonds is 4. The summed E-state index contributed by atoms with van der Waals surface area (Å²) in [5.74, 6) is 0. The predicted octanol–water partition coefficient (Wildman–Crippen LogP) is 2.59. The fraction of sp³-hybridized carbons (Fsp3) is 0.818. The Balaban J connectivity index is 3.98. The van der Waals surface area contributed by atoms with Crippen LogP contribution in [0, 0.1) is 11.3 Å². The van der Waals surface area contributed by atoms with E-state index in [0.717, 1.165) is 12.8 Å². The Morgan fingerprint density at radius 2 is 2.13 bits per heavy atom. The van der Waals surface area contributed by atoms with Crippen LogP contribution in [0.15, 0.2) is 0 Å². The van der Waals surface area contributed by atoms with Crippen molar-refractivity contribution in [2.24, 2.45) is 0 Å². The lowest BCUT2D eigenvalue weighted by Gasteiger charge is -2.21. The summed E-state index contributed by atoms with van der Waals surface area (Å²) >= 11 is 0. The number of nitriles is 1. The summed E-state index contributed by atoms with van der Waals surface area (Å²) in [5, 5.41) is 11.3. The fourth-order valence-corrected chi connectivity index (χ4v) is 1.03. The number of unbranched alkanes of at least 4 members (excludes halogenated alkanes) is 1. The molecule has 0 unspecified atom stereocenters. The molecule has 4 nitrogen and oxygen atoms in total. The van der Waals surface area contributed by atoms with Gasteiger partial charge >= 0.3 is 6.09 Å². The summed E-state index contributed by atoms with van der Waals surface area (Å²) in [6, 6.07) is 1.60. The largest absolute Gasteiger partial charge is 0.444 e. The number of alkyl carbamates (subject to hydrolysis) is 1. The van der Waals surface area contributed by atoms with Gasteiger partial charge in [0.25, 0.3) is 0 Å². The van der Waals surface area contributed by atoms with Crippen LogP contribution < -0.4 is 5.32 Å². The minimum absolute atomic E-state index is 0.445. The van der Waals surface area contributed by atoms with E-state index in [1.807, 2.05) is 13.0 Å². The molecule has 0 aromatic carbocycles. The molecule has 0 aliphatic rings. The van der Waals surface area contributed by atoms with E-state index in [4.69, 9.17) is 10.00 Å². The maximum absolute atomic E-state index is 11.3. The minimum Gasteiger partial charge on any atom is -0.444 e. The van der Waals surface area contributed by atoms with Gasteiger partial charge in [-0.05, 0) is 27.2 Å². The summed E-state index contributed by atoms with van der Waals surface area (Å²) in [4.78, 5) is 11.3. The van der Waals surface area contributed by atoms with Crippen LogP contribution in [0.25, 0.3) is 0 Å².